The first-order chi connectivity index (χ1) is 21.3. The maximum Gasteiger partial charge on any atom is 0.306 e. The zero-order valence-electron chi connectivity index (χ0n) is 27.4. The molecule has 0 saturated heterocycles. The molecule has 14 nitrogen and oxygen atoms in total. The molecule has 1 amide bonds. The summed E-state index contributed by atoms with van der Waals surface area (Å²) in [5.41, 5.74) is 4.85. The van der Waals surface area contributed by atoms with E-state index in [2.05, 4.69) is 5.32 Å². The highest BCUT2D eigenvalue weighted by Crippen LogP contribution is 2.10. The van der Waals surface area contributed by atoms with Crippen LogP contribution in [0.2, 0.25) is 0 Å². The molecule has 14 heteroatoms. The molecule has 0 radical (unpaired) electrons. The Hall–Kier alpha value is -1.46. The Balaban J connectivity index is 3.17. The first kappa shape index (κ1) is 42.5. The van der Waals surface area contributed by atoms with E-state index in [9.17, 15) is 9.59 Å². The highest BCUT2D eigenvalue weighted by atomic mass is 16.6. The molecule has 0 heterocycles. The topological polar surface area (TPSA) is 164 Å². The van der Waals surface area contributed by atoms with Gasteiger partial charge in [-0.3, -0.25) is 9.59 Å². The molecule has 262 valence electrons. The van der Waals surface area contributed by atoms with Gasteiger partial charge >= 0.3 is 5.97 Å². The summed E-state index contributed by atoms with van der Waals surface area (Å²) in [6.07, 6.45) is 1.97. The predicted molar refractivity (Wildman–Crippen MR) is 164 cm³/mol. The van der Waals surface area contributed by atoms with E-state index in [-0.39, 0.29) is 11.9 Å². The average Bonchev–Trinajstić information content (AvgIpc) is 2.97. The number of amides is 1. The van der Waals surface area contributed by atoms with Gasteiger partial charge in [-0.25, -0.2) is 0 Å². The van der Waals surface area contributed by atoms with Crippen molar-refractivity contribution in [2.75, 3.05) is 132 Å². The minimum Gasteiger partial charge on any atom is -0.460 e. The van der Waals surface area contributed by atoms with Gasteiger partial charge in [0.15, 0.2) is 0 Å². The molecule has 0 aliphatic rings. The van der Waals surface area contributed by atoms with Gasteiger partial charge in [0.25, 0.3) is 0 Å². The van der Waals surface area contributed by atoms with Gasteiger partial charge in [-0.1, -0.05) is 0 Å². The van der Waals surface area contributed by atoms with Gasteiger partial charge in [-0.15, -0.1) is 0 Å². The van der Waals surface area contributed by atoms with Crippen molar-refractivity contribution in [2.24, 2.45) is 5.73 Å². The van der Waals surface area contributed by atoms with Crippen LogP contribution < -0.4 is 11.1 Å². The Bertz CT molecular complexity index is 638. The van der Waals surface area contributed by atoms with E-state index in [1.54, 1.807) is 0 Å². The quantitative estimate of drug-likeness (QED) is 0.0760. The van der Waals surface area contributed by atoms with Gasteiger partial charge in [0.1, 0.15) is 5.60 Å². The lowest BCUT2D eigenvalue weighted by molar-refractivity contribution is -0.155. The number of esters is 1. The summed E-state index contributed by atoms with van der Waals surface area (Å²) in [7, 11) is 0. The van der Waals surface area contributed by atoms with Gasteiger partial charge in [0.05, 0.1) is 119 Å². The van der Waals surface area contributed by atoms with Crippen molar-refractivity contribution >= 4 is 11.9 Å². The number of hydrogen-bond acceptors (Lipinski definition) is 13. The van der Waals surface area contributed by atoms with Crippen LogP contribution in [0, 0.1) is 0 Å². The molecule has 0 aliphatic carbocycles. The fraction of sp³-hybridized carbons (Fsp3) is 0.933. The van der Waals surface area contributed by atoms with E-state index < -0.39 is 5.60 Å². The van der Waals surface area contributed by atoms with Crippen molar-refractivity contribution in [2.45, 2.75) is 52.1 Å². The Morgan fingerprint density at radius 2 is 0.818 bits per heavy atom. The summed E-state index contributed by atoms with van der Waals surface area (Å²) in [6, 6.07) is 0. The Morgan fingerprint density at radius 3 is 1.16 bits per heavy atom. The average molecular weight is 641 g/mol. The van der Waals surface area contributed by atoms with Gasteiger partial charge in [-0.2, -0.15) is 0 Å². The minimum atomic E-state index is -0.478. The zero-order valence-corrected chi connectivity index (χ0v) is 27.4. The summed E-state index contributed by atoms with van der Waals surface area (Å²) >= 11 is 0. The molecule has 0 atom stereocenters. The number of hydrogen-bond donors (Lipinski definition) is 2. The molecule has 0 aromatic heterocycles. The molecule has 0 spiro atoms. The van der Waals surface area contributed by atoms with Crippen LogP contribution in [0.3, 0.4) is 0 Å². The first-order valence-electron chi connectivity index (χ1n) is 15.7. The SMILES string of the molecule is CC(C)(C)OC(=O)CCCCC(=O)NCCOCCOCCOCCOCCOCCOCCOCCOCCOCCN. The Kier molecular flexibility index (Phi) is 31.8. The molecule has 0 rings (SSSR count). The summed E-state index contributed by atoms with van der Waals surface area (Å²) in [6.45, 7) is 15.4. The number of ether oxygens (including phenoxy) is 10. The number of rotatable bonds is 34. The van der Waals surface area contributed by atoms with Crippen LogP contribution in [0.5, 0.6) is 0 Å². The summed E-state index contributed by atoms with van der Waals surface area (Å²) in [5.74, 6) is -0.283. The van der Waals surface area contributed by atoms with E-state index in [1.807, 2.05) is 20.8 Å². The predicted octanol–water partition coefficient (Wildman–Crippen LogP) is 1.11. The van der Waals surface area contributed by atoms with Gasteiger partial charge in [0, 0.05) is 25.9 Å². The normalized spacial score (nSPS) is 11.6. The number of carbonyl (C=O) groups is 2. The van der Waals surface area contributed by atoms with Crippen molar-refractivity contribution < 1.29 is 57.0 Å². The largest absolute Gasteiger partial charge is 0.460 e. The van der Waals surface area contributed by atoms with E-state index in [1.165, 1.54) is 0 Å². The minimum absolute atomic E-state index is 0.0506. The lowest BCUT2D eigenvalue weighted by Gasteiger charge is -2.19. The smallest absolute Gasteiger partial charge is 0.306 e. The second-order valence-corrected chi connectivity index (χ2v) is 10.4. The molecule has 44 heavy (non-hydrogen) atoms. The zero-order chi connectivity index (χ0) is 32.4. The molecule has 0 saturated carbocycles. The van der Waals surface area contributed by atoms with Crippen LogP contribution in [0.1, 0.15) is 46.5 Å². The van der Waals surface area contributed by atoms with Crippen LogP contribution in [-0.2, 0) is 57.0 Å². The van der Waals surface area contributed by atoms with Crippen molar-refractivity contribution in [3.8, 4) is 0 Å². The molecule has 0 bridgehead atoms. The lowest BCUT2D eigenvalue weighted by Crippen LogP contribution is -2.27. The second kappa shape index (κ2) is 32.9. The van der Waals surface area contributed by atoms with Crippen LogP contribution in [-0.4, -0.2) is 149 Å². The fourth-order valence-electron chi connectivity index (χ4n) is 3.24. The molecule has 3 N–H and O–H groups in total. The summed E-state index contributed by atoms with van der Waals surface area (Å²) < 4.78 is 53.9. The van der Waals surface area contributed by atoms with E-state index in [0.29, 0.717) is 158 Å². The van der Waals surface area contributed by atoms with Crippen molar-refractivity contribution in [3.63, 3.8) is 0 Å². The molecule has 0 aromatic rings. The highest BCUT2D eigenvalue weighted by Gasteiger charge is 2.15. The van der Waals surface area contributed by atoms with Gasteiger partial charge in [-0.05, 0) is 33.6 Å². The Morgan fingerprint density at radius 1 is 0.500 bits per heavy atom. The van der Waals surface area contributed by atoms with Crippen LogP contribution >= 0.6 is 0 Å². The standard InChI is InChI=1S/C30H60N2O12/c1-30(2,3)44-29(34)7-5-4-6-28(33)32-9-11-36-13-15-38-17-19-40-21-23-42-25-27-43-26-24-41-22-20-39-18-16-37-14-12-35-10-8-31/h4-27,31H2,1-3H3,(H,32,33). The fourth-order valence-corrected chi connectivity index (χ4v) is 3.24. The second-order valence-electron chi connectivity index (χ2n) is 10.4. The maximum atomic E-state index is 11.8. The third kappa shape index (κ3) is 36.7. The van der Waals surface area contributed by atoms with E-state index >= 15 is 0 Å². The lowest BCUT2D eigenvalue weighted by atomic mass is 10.1. The number of carbonyl (C=O) groups excluding carboxylic acids is 2. The molecule has 0 aliphatic heterocycles. The van der Waals surface area contributed by atoms with Crippen LogP contribution in [0.4, 0.5) is 0 Å². The molecule has 0 fully saturated rings. The van der Waals surface area contributed by atoms with Gasteiger partial charge < -0.3 is 58.4 Å². The van der Waals surface area contributed by atoms with Gasteiger partial charge in [0.2, 0.25) is 5.91 Å². The van der Waals surface area contributed by atoms with Crippen LogP contribution in [0.15, 0.2) is 0 Å². The van der Waals surface area contributed by atoms with Crippen molar-refractivity contribution in [1.29, 1.82) is 0 Å². The number of nitrogens with two attached hydrogens (primary N) is 1. The van der Waals surface area contributed by atoms with E-state index in [0.717, 1.165) is 0 Å². The third-order valence-corrected chi connectivity index (χ3v) is 5.26. The molecule has 0 unspecified atom stereocenters. The summed E-state index contributed by atoms with van der Waals surface area (Å²) in [5, 5.41) is 2.80. The van der Waals surface area contributed by atoms with E-state index in [4.69, 9.17) is 53.1 Å². The number of unbranched alkanes of at least 4 members (excludes halogenated alkanes) is 1. The maximum absolute atomic E-state index is 11.8. The molecular weight excluding hydrogens is 580 g/mol. The van der Waals surface area contributed by atoms with Crippen LogP contribution in [0.25, 0.3) is 0 Å². The van der Waals surface area contributed by atoms with Crippen molar-refractivity contribution in [3.05, 3.63) is 0 Å². The summed E-state index contributed by atoms with van der Waals surface area (Å²) in [4.78, 5) is 23.5. The highest BCUT2D eigenvalue weighted by molar-refractivity contribution is 5.76. The molecule has 0 aromatic carbocycles. The monoisotopic (exact) mass is 640 g/mol. The van der Waals surface area contributed by atoms with Crippen molar-refractivity contribution in [1.82, 2.24) is 5.32 Å². The first-order valence-corrected chi connectivity index (χ1v) is 15.7. The Labute approximate surface area is 264 Å². The molecular formula is C30H60N2O12. The number of nitrogens with one attached hydrogen (secondary N) is 1. The third-order valence-electron chi connectivity index (χ3n) is 5.26.